The molecule has 18 heavy (non-hydrogen) atoms. The molecular weight excluding hydrogens is 252 g/mol. The highest BCUT2D eigenvalue weighted by atomic mass is 32.1. The Bertz CT molecular complexity index is 400. The zero-order valence-electron chi connectivity index (χ0n) is 10.7. The molecule has 1 aromatic rings. The number of carbonyl (C=O) groups excluding carboxylic acids is 1. The Morgan fingerprint density at radius 2 is 2.06 bits per heavy atom. The van der Waals surface area contributed by atoms with Gasteiger partial charge >= 0.3 is 5.97 Å². The number of carbonyl (C=O) groups is 1. The maximum atomic E-state index is 11.4. The van der Waals surface area contributed by atoms with Gasteiger partial charge in [0.15, 0.2) is 0 Å². The van der Waals surface area contributed by atoms with Crippen LogP contribution in [0.2, 0.25) is 0 Å². The van der Waals surface area contributed by atoms with Gasteiger partial charge in [-0.2, -0.15) is 0 Å². The van der Waals surface area contributed by atoms with Crippen molar-refractivity contribution in [2.45, 2.75) is 45.6 Å². The molecule has 0 N–H and O–H groups in total. The van der Waals surface area contributed by atoms with E-state index in [2.05, 4.69) is 17.1 Å². The predicted octanol–water partition coefficient (Wildman–Crippen LogP) is 2.67. The van der Waals surface area contributed by atoms with Gasteiger partial charge in [-0.05, 0) is 49.9 Å². The van der Waals surface area contributed by atoms with Gasteiger partial charge in [0.05, 0.1) is 6.61 Å². The fourth-order valence-corrected chi connectivity index (χ4v) is 2.68. The Morgan fingerprint density at radius 1 is 1.33 bits per heavy atom. The Kier molecular flexibility index (Phi) is 4.52. The number of rotatable bonds is 4. The summed E-state index contributed by atoms with van der Waals surface area (Å²) in [5, 5.41) is 8.39. The molecule has 0 saturated heterocycles. The van der Waals surface area contributed by atoms with Crippen molar-refractivity contribution >= 4 is 17.3 Å². The van der Waals surface area contributed by atoms with Gasteiger partial charge in [-0.3, -0.25) is 0 Å². The summed E-state index contributed by atoms with van der Waals surface area (Å²) in [5.41, 5.74) is 0. The van der Waals surface area contributed by atoms with Crippen molar-refractivity contribution in [3.05, 3.63) is 5.01 Å². The fraction of sp³-hybridized carbons (Fsp3) is 0.750. The third-order valence-corrected chi connectivity index (χ3v) is 3.88. The Balaban J connectivity index is 1.88. The molecule has 5 nitrogen and oxygen atoms in total. The van der Waals surface area contributed by atoms with E-state index in [4.69, 9.17) is 9.47 Å². The van der Waals surface area contributed by atoms with Crippen LogP contribution in [0, 0.1) is 5.92 Å². The van der Waals surface area contributed by atoms with Crippen molar-refractivity contribution < 1.29 is 14.3 Å². The van der Waals surface area contributed by atoms with E-state index in [-0.39, 0.29) is 11.1 Å². The van der Waals surface area contributed by atoms with Crippen molar-refractivity contribution in [2.24, 2.45) is 5.92 Å². The van der Waals surface area contributed by atoms with Gasteiger partial charge in [-0.25, -0.2) is 4.79 Å². The monoisotopic (exact) mass is 270 g/mol. The topological polar surface area (TPSA) is 61.3 Å². The summed E-state index contributed by atoms with van der Waals surface area (Å²) < 4.78 is 10.6. The van der Waals surface area contributed by atoms with Crippen LogP contribution in [-0.2, 0) is 4.74 Å². The normalized spacial score (nSPS) is 23.7. The number of aromatic nitrogens is 2. The zero-order chi connectivity index (χ0) is 13.0. The lowest BCUT2D eigenvalue weighted by atomic mass is 9.89. The van der Waals surface area contributed by atoms with Crippen molar-refractivity contribution in [3.8, 4) is 5.19 Å². The van der Waals surface area contributed by atoms with E-state index in [0.717, 1.165) is 30.1 Å². The van der Waals surface area contributed by atoms with Crippen molar-refractivity contribution in [1.29, 1.82) is 0 Å². The van der Waals surface area contributed by atoms with Gasteiger partial charge in [-0.15, -0.1) is 5.10 Å². The lowest BCUT2D eigenvalue weighted by molar-refractivity contribution is 0.0525. The van der Waals surface area contributed by atoms with Crippen LogP contribution in [0.5, 0.6) is 5.19 Å². The molecule has 0 aliphatic heterocycles. The van der Waals surface area contributed by atoms with E-state index >= 15 is 0 Å². The highest BCUT2D eigenvalue weighted by Gasteiger charge is 2.22. The second-order valence-corrected chi connectivity index (χ2v) is 5.53. The molecule has 1 heterocycles. The third kappa shape index (κ3) is 3.41. The molecule has 0 spiro atoms. The molecule has 6 heteroatoms. The first-order valence-corrected chi connectivity index (χ1v) is 7.18. The van der Waals surface area contributed by atoms with E-state index in [9.17, 15) is 4.79 Å². The van der Waals surface area contributed by atoms with Gasteiger partial charge in [0.25, 0.3) is 5.19 Å². The molecule has 0 radical (unpaired) electrons. The standard InChI is InChI=1S/C12H18N2O3S/c1-3-16-11(15)10-13-14-12(18-10)17-9-6-4-8(2)5-7-9/h8-9H,3-7H2,1-2H3. The number of nitrogens with zero attached hydrogens (tertiary/aromatic N) is 2. The predicted molar refractivity (Wildman–Crippen MR) is 67.9 cm³/mol. The van der Waals surface area contributed by atoms with Gasteiger partial charge in [0, 0.05) is 0 Å². The lowest BCUT2D eigenvalue weighted by Crippen LogP contribution is -2.22. The minimum atomic E-state index is -0.429. The van der Waals surface area contributed by atoms with E-state index < -0.39 is 5.97 Å². The molecule has 100 valence electrons. The minimum Gasteiger partial charge on any atom is -0.466 e. The quantitative estimate of drug-likeness (QED) is 0.787. The molecule has 1 aromatic heterocycles. The largest absolute Gasteiger partial charge is 0.466 e. The molecule has 1 fully saturated rings. The summed E-state index contributed by atoms with van der Waals surface area (Å²) in [4.78, 5) is 11.4. The maximum Gasteiger partial charge on any atom is 0.369 e. The Labute approximate surface area is 111 Å². The van der Waals surface area contributed by atoms with E-state index in [1.165, 1.54) is 12.8 Å². The van der Waals surface area contributed by atoms with Crippen molar-refractivity contribution in [2.75, 3.05) is 6.61 Å². The average Bonchev–Trinajstić information content (AvgIpc) is 2.81. The van der Waals surface area contributed by atoms with Crippen molar-refractivity contribution in [1.82, 2.24) is 10.2 Å². The summed E-state index contributed by atoms with van der Waals surface area (Å²) in [6, 6.07) is 0. The van der Waals surface area contributed by atoms with Gasteiger partial charge in [0.2, 0.25) is 5.01 Å². The summed E-state index contributed by atoms with van der Waals surface area (Å²) in [7, 11) is 0. The maximum absolute atomic E-state index is 11.4. The highest BCUT2D eigenvalue weighted by Crippen LogP contribution is 2.28. The molecule has 0 aromatic carbocycles. The van der Waals surface area contributed by atoms with Crippen LogP contribution in [0.1, 0.15) is 49.3 Å². The molecule has 2 rings (SSSR count). The molecule has 0 bridgehead atoms. The second-order valence-electron chi connectivity index (χ2n) is 4.59. The van der Waals surface area contributed by atoms with Crippen LogP contribution in [0.25, 0.3) is 0 Å². The molecule has 1 aliphatic carbocycles. The molecule has 0 atom stereocenters. The third-order valence-electron chi connectivity index (χ3n) is 3.09. The molecular formula is C12H18N2O3S. The summed E-state index contributed by atoms with van der Waals surface area (Å²) >= 11 is 1.16. The summed E-state index contributed by atoms with van der Waals surface area (Å²) in [5.74, 6) is 0.358. The highest BCUT2D eigenvalue weighted by molar-refractivity contribution is 7.14. The molecule has 0 amide bonds. The van der Waals surface area contributed by atoms with E-state index in [1.54, 1.807) is 6.92 Å². The first kappa shape index (κ1) is 13.3. The molecule has 1 aliphatic rings. The van der Waals surface area contributed by atoms with E-state index in [1.807, 2.05) is 0 Å². The Morgan fingerprint density at radius 3 is 2.72 bits per heavy atom. The van der Waals surface area contributed by atoms with E-state index in [0.29, 0.717) is 11.8 Å². The Hall–Kier alpha value is -1.17. The second kappa shape index (κ2) is 6.13. The average molecular weight is 270 g/mol. The number of hydrogen-bond acceptors (Lipinski definition) is 6. The van der Waals surface area contributed by atoms with Crippen LogP contribution < -0.4 is 4.74 Å². The van der Waals surface area contributed by atoms with Crippen LogP contribution in [0.4, 0.5) is 0 Å². The molecule has 0 unspecified atom stereocenters. The van der Waals surface area contributed by atoms with Crippen LogP contribution in [0.3, 0.4) is 0 Å². The van der Waals surface area contributed by atoms with Gasteiger partial charge in [-0.1, -0.05) is 12.0 Å². The van der Waals surface area contributed by atoms with Gasteiger partial charge in [0.1, 0.15) is 6.10 Å². The van der Waals surface area contributed by atoms with Crippen molar-refractivity contribution in [3.63, 3.8) is 0 Å². The first-order valence-electron chi connectivity index (χ1n) is 6.36. The fourth-order valence-electron chi connectivity index (χ4n) is 2.02. The SMILES string of the molecule is CCOC(=O)c1nnc(OC2CCC(C)CC2)s1. The zero-order valence-corrected chi connectivity index (χ0v) is 11.5. The van der Waals surface area contributed by atoms with Crippen LogP contribution in [0.15, 0.2) is 0 Å². The van der Waals surface area contributed by atoms with Crippen LogP contribution >= 0.6 is 11.3 Å². The number of hydrogen-bond donors (Lipinski definition) is 0. The van der Waals surface area contributed by atoms with Gasteiger partial charge < -0.3 is 9.47 Å². The lowest BCUT2D eigenvalue weighted by Gasteiger charge is -2.25. The first-order chi connectivity index (χ1) is 8.69. The molecule has 1 saturated carbocycles. The number of esters is 1. The summed E-state index contributed by atoms with van der Waals surface area (Å²) in [6.45, 7) is 4.37. The van der Waals surface area contributed by atoms with Crippen LogP contribution in [-0.4, -0.2) is 28.9 Å². The smallest absolute Gasteiger partial charge is 0.369 e. The minimum absolute atomic E-state index is 0.212. The summed E-state index contributed by atoms with van der Waals surface area (Å²) in [6.07, 6.45) is 4.69. The number of ether oxygens (including phenoxy) is 2.